The van der Waals surface area contributed by atoms with Gasteiger partial charge in [0.05, 0.1) is 11.8 Å². The molecule has 0 spiro atoms. The molecule has 5 rings (SSSR count). The lowest BCUT2D eigenvalue weighted by Crippen LogP contribution is -2.31. The molecule has 0 unspecified atom stereocenters. The monoisotopic (exact) mass is 491 g/mol. The molecule has 1 aliphatic heterocycles. The number of hydrogen-bond donors (Lipinski definition) is 1. The maximum Gasteiger partial charge on any atom is 0.230 e. The first-order valence-electron chi connectivity index (χ1n) is 13.8. The lowest BCUT2D eigenvalue weighted by Gasteiger charge is -2.31. The normalized spacial score (nSPS) is 26.4. The van der Waals surface area contributed by atoms with E-state index in [1.807, 2.05) is 26.0 Å². The quantitative estimate of drug-likeness (QED) is 0.590. The maximum atomic E-state index is 13.6. The first-order chi connectivity index (χ1) is 17.2. The van der Waals surface area contributed by atoms with Crippen molar-refractivity contribution in [2.45, 2.75) is 91.0 Å². The van der Waals surface area contributed by atoms with E-state index in [0.29, 0.717) is 25.0 Å². The Morgan fingerprint density at radius 3 is 2.28 bits per heavy atom. The van der Waals surface area contributed by atoms with Crippen LogP contribution in [0.25, 0.3) is 0 Å². The van der Waals surface area contributed by atoms with Gasteiger partial charge in [-0.05, 0) is 75.8 Å². The molecule has 0 radical (unpaired) electrons. The lowest BCUT2D eigenvalue weighted by atomic mass is 9.76. The van der Waals surface area contributed by atoms with Gasteiger partial charge in [-0.1, -0.05) is 31.5 Å². The topological polar surface area (TPSA) is 80.1 Å². The molecule has 2 heterocycles. The molecule has 2 aliphatic carbocycles. The Morgan fingerprint density at radius 2 is 1.67 bits per heavy atom. The minimum absolute atomic E-state index is 0.00605. The van der Waals surface area contributed by atoms with Gasteiger partial charge in [0.1, 0.15) is 11.6 Å². The van der Waals surface area contributed by atoms with Crippen molar-refractivity contribution in [2.24, 2.45) is 17.8 Å². The molecule has 2 atom stereocenters. The van der Waals surface area contributed by atoms with Crippen LogP contribution in [0.15, 0.2) is 18.2 Å². The zero-order valence-corrected chi connectivity index (χ0v) is 22.5. The van der Waals surface area contributed by atoms with E-state index in [1.165, 1.54) is 18.4 Å². The van der Waals surface area contributed by atoms with Crippen LogP contribution in [0.4, 0.5) is 5.69 Å². The van der Waals surface area contributed by atoms with Crippen molar-refractivity contribution >= 4 is 17.5 Å². The zero-order valence-electron chi connectivity index (χ0n) is 22.5. The summed E-state index contributed by atoms with van der Waals surface area (Å²) in [6.45, 7) is 11.3. The van der Waals surface area contributed by atoms with Crippen molar-refractivity contribution in [1.29, 1.82) is 0 Å². The maximum absolute atomic E-state index is 13.6. The highest BCUT2D eigenvalue weighted by Gasteiger charge is 2.45. The van der Waals surface area contributed by atoms with Crippen molar-refractivity contribution < 1.29 is 9.59 Å². The highest BCUT2D eigenvalue weighted by Crippen LogP contribution is 2.45. The summed E-state index contributed by atoms with van der Waals surface area (Å²) in [4.78, 5) is 27.8. The fraction of sp³-hybridized carbons (Fsp3) is 0.655. The van der Waals surface area contributed by atoms with Crippen molar-refractivity contribution in [3.63, 3.8) is 0 Å². The molecule has 36 heavy (non-hydrogen) atoms. The molecular weight excluding hydrogens is 450 g/mol. The Morgan fingerprint density at radius 1 is 0.972 bits per heavy atom. The summed E-state index contributed by atoms with van der Waals surface area (Å²) in [7, 11) is 0. The fourth-order valence-corrected chi connectivity index (χ4v) is 6.37. The van der Waals surface area contributed by atoms with Gasteiger partial charge >= 0.3 is 0 Å². The van der Waals surface area contributed by atoms with Crippen LogP contribution in [-0.4, -0.2) is 44.6 Å². The van der Waals surface area contributed by atoms with Crippen LogP contribution in [0, 0.1) is 31.6 Å². The van der Waals surface area contributed by atoms with E-state index in [4.69, 9.17) is 10.2 Å². The van der Waals surface area contributed by atoms with Crippen molar-refractivity contribution in [2.75, 3.05) is 18.4 Å². The Kier molecular flexibility index (Phi) is 6.92. The fourth-order valence-electron chi connectivity index (χ4n) is 6.37. The Labute approximate surface area is 215 Å². The van der Waals surface area contributed by atoms with Gasteiger partial charge in [0.15, 0.2) is 0 Å². The number of aryl methyl sites for hydroxylation is 2. The first-order valence-corrected chi connectivity index (χ1v) is 13.8. The standard InChI is InChI=1S/C29H41N5O2/c1-17(2)21-7-9-22(10-8-21)27-31-32-28(34(27)23-11-12-23)24-15-33(20(5)35)16-25(24)29(36)30-26-13-6-18(3)14-19(26)4/h6,13-14,17,21-25H,7-12,15-16H2,1-5H3,(H,30,36)/t21?,22?,24-,25-/m0/s1. The average Bonchev–Trinajstić information content (AvgIpc) is 3.42. The van der Waals surface area contributed by atoms with E-state index in [-0.39, 0.29) is 23.7 Å². The number of carbonyl (C=O) groups excluding carboxylic acids is 2. The molecule has 2 saturated carbocycles. The molecule has 194 valence electrons. The van der Waals surface area contributed by atoms with Gasteiger partial charge < -0.3 is 14.8 Å². The number of nitrogens with zero attached hydrogens (tertiary/aromatic N) is 4. The van der Waals surface area contributed by atoms with Crippen molar-refractivity contribution in [1.82, 2.24) is 19.7 Å². The van der Waals surface area contributed by atoms with E-state index in [1.54, 1.807) is 11.8 Å². The van der Waals surface area contributed by atoms with Crippen molar-refractivity contribution in [3.8, 4) is 0 Å². The third-order valence-corrected chi connectivity index (χ3v) is 8.81. The molecule has 3 aliphatic rings. The Hall–Kier alpha value is -2.70. The first kappa shape index (κ1) is 25.0. The predicted octanol–water partition coefficient (Wildman–Crippen LogP) is 5.36. The van der Waals surface area contributed by atoms with Gasteiger partial charge in [0.25, 0.3) is 0 Å². The molecule has 2 amide bonds. The molecule has 7 heteroatoms. The SMILES string of the molecule is CC(=O)N1C[C@H](C(=O)Nc2ccc(C)cc2C)[C@@H](c2nnc(C3CCC(C(C)C)CC3)n2C2CC2)C1. The van der Waals surface area contributed by atoms with Crippen LogP contribution in [0.3, 0.4) is 0 Å². The predicted molar refractivity (Wildman–Crippen MR) is 141 cm³/mol. The average molecular weight is 492 g/mol. The summed E-state index contributed by atoms with van der Waals surface area (Å²) in [6.07, 6.45) is 7.10. The smallest absolute Gasteiger partial charge is 0.230 e. The van der Waals surface area contributed by atoms with Gasteiger partial charge in [-0.2, -0.15) is 0 Å². The molecule has 3 fully saturated rings. The molecule has 7 nitrogen and oxygen atoms in total. The van der Waals surface area contributed by atoms with Crippen molar-refractivity contribution in [3.05, 3.63) is 41.0 Å². The summed E-state index contributed by atoms with van der Waals surface area (Å²) < 4.78 is 2.38. The van der Waals surface area contributed by atoms with Gasteiger partial charge in [0.2, 0.25) is 11.8 Å². The Bertz CT molecular complexity index is 1130. The van der Waals surface area contributed by atoms with Crippen LogP contribution in [0.5, 0.6) is 0 Å². The highest BCUT2D eigenvalue weighted by molar-refractivity contribution is 5.94. The lowest BCUT2D eigenvalue weighted by molar-refractivity contribution is -0.128. The van der Waals surface area contributed by atoms with Gasteiger partial charge in [-0.25, -0.2) is 0 Å². The summed E-state index contributed by atoms with van der Waals surface area (Å²) in [5.41, 5.74) is 3.04. The largest absolute Gasteiger partial charge is 0.341 e. The van der Waals surface area contributed by atoms with Gasteiger partial charge in [-0.3, -0.25) is 9.59 Å². The van der Waals surface area contributed by atoms with E-state index in [9.17, 15) is 9.59 Å². The van der Waals surface area contributed by atoms with Gasteiger partial charge in [0, 0.05) is 37.7 Å². The number of anilines is 1. The second-order valence-electron chi connectivity index (χ2n) is 11.8. The van der Waals surface area contributed by atoms with Crippen LogP contribution >= 0.6 is 0 Å². The third kappa shape index (κ3) is 4.94. The number of hydrogen-bond acceptors (Lipinski definition) is 4. The molecule has 2 aromatic rings. The minimum atomic E-state index is -0.346. The van der Waals surface area contributed by atoms with Crippen LogP contribution in [0.2, 0.25) is 0 Å². The highest BCUT2D eigenvalue weighted by atomic mass is 16.2. The van der Waals surface area contributed by atoms with E-state index in [0.717, 1.165) is 60.4 Å². The number of nitrogens with one attached hydrogen (secondary N) is 1. The number of aromatic nitrogens is 3. The Balaban J connectivity index is 1.42. The summed E-state index contributed by atoms with van der Waals surface area (Å²) in [6, 6.07) is 6.49. The van der Waals surface area contributed by atoms with E-state index in [2.05, 4.69) is 29.8 Å². The summed E-state index contributed by atoms with van der Waals surface area (Å²) in [5, 5.41) is 12.7. The number of benzene rings is 1. The third-order valence-electron chi connectivity index (χ3n) is 8.81. The molecule has 1 aromatic carbocycles. The summed E-state index contributed by atoms with van der Waals surface area (Å²) in [5.74, 6) is 3.47. The van der Waals surface area contributed by atoms with Crippen LogP contribution in [-0.2, 0) is 9.59 Å². The van der Waals surface area contributed by atoms with Gasteiger partial charge in [-0.15, -0.1) is 10.2 Å². The molecular formula is C29H41N5O2. The molecule has 1 saturated heterocycles. The number of amides is 2. The number of rotatable bonds is 6. The van der Waals surface area contributed by atoms with Crippen LogP contribution in [0.1, 0.15) is 99.9 Å². The van der Waals surface area contributed by atoms with Crippen LogP contribution < -0.4 is 5.32 Å². The summed E-state index contributed by atoms with van der Waals surface area (Å²) >= 11 is 0. The van der Waals surface area contributed by atoms with E-state index >= 15 is 0 Å². The molecule has 1 aromatic heterocycles. The second kappa shape index (κ2) is 9.98. The number of carbonyl (C=O) groups is 2. The molecule has 1 N–H and O–H groups in total. The zero-order chi connectivity index (χ0) is 25.6. The molecule has 0 bridgehead atoms. The second-order valence-corrected chi connectivity index (χ2v) is 11.8. The minimum Gasteiger partial charge on any atom is -0.341 e. The number of likely N-dealkylation sites (tertiary alicyclic amines) is 1. The van der Waals surface area contributed by atoms with E-state index < -0.39 is 0 Å².